The molecular weight excluding hydrogens is 353 g/mol. The summed E-state index contributed by atoms with van der Waals surface area (Å²) in [7, 11) is 0. The number of anilines is 2. The molecule has 3 aromatic rings. The van der Waals surface area contributed by atoms with E-state index in [1.807, 2.05) is 24.3 Å². The minimum Gasteiger partial charge on any atom is -0.326 e. The molecule has 26 heavy (non-hydrogen) atoms. The number of hydrogen-bond donors (Lipinski definition) is 2. The normalized spacial score (nSPS) is 16.2. The Morgan fingerprint density at radius 3 is 3.04 bits per heavy atom. The van der Waals surface area contributed by atoms with Gasteiger partial charge in [-0.25, -0.2) is 9.37 Å². The summed E-state index contributed by atoms with van der Waals surface area (Å²) in [5.74, 6) is -0.800. The number of nitrogens with zero attached hydrogens (tertiary/aromatic N) is 1. The Morgan fingerprint density at radius 1 is 1.31 bits per heavy atom. The number of benzene rings is 2. The van der Waals surface area contributed by atoms with Gasteiger partial charge in [-0.2, -0.15) is 0 Å². The molecule has 4 rings (SSSR count). The van der Waals surface area contributed by atoms with E-state index in [0.29, 0.717) is 28.2 Å². The lowest BCUT2D eigenvalue weighted by atomic mass is 9.89. The lowest BCUT2D eigenvalue weighted by Gasteiger charge is -2.24. The Bertz CT molecular complexity index is 1000. The van der Waals surface area contributed by atoms with E-state index in [4.69, 9.17) is 0 Å². The number of halogens is 1. The zero-order valence-corrected chi connectivity index (χ0v) is 14.6. The van der Waals surface area contributed by atoms with Gasteiger partial charge in [0.15, 0.2) is 5.13 Å². The van der Waals surface area contributed by atoms with Crippen LogP contribution in [0.3, 0.4) is 0 Å². The van der Waals surface area contributed by atoms with E-state index in [1.54, 1.807) is 6.07 Å². The second-order valence-corrected chi connectivity index (χ2v) is 7.30. The standard InChI is InChI=1S/C19H16FN3O2S/c20-13-6-7-15-16(10-13)26-19(22-15)23-17(24)8-5-12-9-11-3-1-2-4-14(11)21-18(12)25/h1-4,6-7,10,12H,5,8-9H2,(H,21,25)(H,22,23,24)/t12-/m1/s1. The maximum Gasteiger partial charge on any atom is 0.227 e. The molecule has 132 valence electrons. The van der Waals surface area contributed by atoms with Gasteiger partial charge in [0.2, 0.25) is 11.8 Å². The maximum absolute atomic E-state index is 13.2. The summed E-state index contributed by atoms with van der Waals surface area (Å²) < 4.78 is 13.9. The van der Waals surface area contributed by atoms with Crippen LogP contribution < -0.4 is 10.6 Å². The molecule has 0 bridgehead atoms. The van der Waals surface area contributed by atoms with Gasteiger partial charge in [-0.3, -0.25) is 9.59 Å². The molecule has 0 saturated carbocycles. The molecule has 0 aliphatic carbocycles. The van der Waals surface area contributed by atoms with Crippen LogP contribution in [0.5, 0.6) is 0 Å². The van der Waals surface area contributed by atoms with Crippen molar-refractivity contribution in [1.29, 1.82) is 0 Å². The van der Waals surface area contributed by atoms with E-state index in [0.717, 1.165) is 11.3 Å². The van der Waals surface area contributed by atoms with Crippen molar-refractivity contribution in [3.05, 3.63) is 53.8 Å². The molecule has 2 heterocycles. The third-order valence-corrected chi connectivity index (χ3v) is 5.36. The van der Waals surface area contributed by atoms with Crippen molar-refractivity contribution >= 4 is 44.2 Å². The van der Waals surface area contributed by atoms with Crippen molar-refractivity contribution in [2.45, 2.75) is 19.3 Å². The number of thiazole rings is 1. The first-order valence-electron chi connectivity index (χ1n) is 8.33. The molecule has 2 N–H and O–H groups in total. The second kappa shape index (κ2) is 6.84. The van der Waals surface area contributed by atoms with Gasteiger partial charge in [-0.05, 0) is 42.7 Å². The number of fused-ring (bicyclic) bond motifs is 2. The summed E-state index contributed by atoms with van der Waals surface area (Å²) in [6, 6.07) is 12.0. The molecular formula is C19H16FN3O2S. The van der Waals surface area contributed by atoms with Gasteiger partial charge in [-0.1, -0.05) is 29.5 Å². The molecule has 7 heteroatoms. The topological polar surface area (TPSA) is 71.1 Å². The van der Waals surface area contributed by atoms with Gasteiger partial charge >= 0.3 is 0 Å². The highest BCUT2D eigenvalue weighted by atomic mass is 32.1. The smallest absolute Gasteiger partial charge is 0.227 e. The molecule has 2 aromatic carbocycles. The number of amides is 2. The fraction of sp³-hybridized carbons (Fsp3) is 0.211. The minimum atomic E-state index is -0.331. The lowest BCUT2D eigenvalue weighted by Crippen LogP contribution is -2.30. The number of para-hydroxylation sites is 1. The Kier molecular flexibility index (Phi) is 4.38. The molecule has 0 spiro atoms. The van der Waals surface area contributed by atoms with Crippen molar-refractivity contribution in [2.75, 3.05) is 10.6 Å². The van der Waals surface area contributed by atoms with Crippen LogP contribution in [0, 0.1) is 11.7 Å². The van der Waals surface area contributed by atoms with E-state index in [1.165, 1.54) is 23.5 Å². The zero-order valence-electron chi connectivity index (χ0n) is 13.8. The number of hydrogen-bond acceptors (Lipinski definition) is 4. The number of rotatable bonds is 4. The van der Waals surface area contributed by atoms with Crippen molar-refractivity contribution < 1.29 is 14.0 Å². The number of aromatic nitrogens is 1. The van der Waals surface area contributed by atoms with Gasteiger partial charge in [0.25, 0.3) is 0 Å². The monoisotopic (exact) mass is 369 g/mol. The van der Waals surface area contributed by atoms with Gasteiger partial charge in [0, 0.05) is 18.0 Å². The molecule has 2 amide bonds. The molecule has 1 atom stereocenters. The van der Waals surface area contributed by atoms with Crippen LogP contribution in [0.4, 0.5) is 15.2 Å². The summed E-state index contributed by atoms with van der Waals surface area (Å²) in [5, 5.41) is 6.07. The molecule has 1 aliphatic heterocycles. The summed E-state index contributed by atoms with van der Waals surface area (Å²) in [4.78, 5) is 28.7. The van der Waals surface area contributed by atoms with Crippen molar-refractivity contribution in [2.24, 2.45) is 5.92 Å². The third kappa shape index (κ3) is 3.43. The molecule has 0 radical (unpaired) electrons. The molecule has 0 fully saturated rings. The maximum atomic E-state index is 13.2. The van der Waals surface area contributed by atoms with Gasteiger partial charge in [0.1, 0.15) is 5.82 Å². The van der Waals surface area contributed by atoms with Gasteiger partial charge in [-0.15, -0.1) is 0 Å². The first-order chi connectivity index (χ1) is 12.6. The summed E-state index contributed by atoms with van der Waals surface area (Å²) >= 11 is 1.23. The Morgan fingerprint density at radius 2 is 2.15 bits per heavy atom. The fourth-order valence-electron chi connectivity index (χ4n) is 3.09. The van der Waals surface area contributed by atoms with E-state index in [-0.39, 0.29) is 30.0 Å². The minimum absolute atomic E-state index is 0.0491. The molecule has 0 unspecified atom stereocenters. The zero-order chi connectivity index (χ0) is 18.1. The average molecular weight is 369 g/mol. The van der Waals surface area contributed by atoms with Crippen LogP contribution in [0.2, 0.25) is 0 Å². The summed E-state index contributed by atoms with van der Waals surface area (Å²) in [6.07, 6.45) is 1.33. The van der Waals surface area contributed by atoms with Crippen LogP contribution in [0.25, 0.3) is 10.2 Å². The summed E-state index contributed by atoms with van der Waals surface area (Å²) in [5.41, 5.74) is 2.58. The number of carbonyl (C=O) groups excluding carboxylic acids is 2. The van der Waals surface area contributed by atoms with Crippen LogP contribution in [-0.2, 0) is 16.0 Å². The largest absolute Gasteiger partial charge is 0.326 e. The highest BCUT2D eigenvalue weighted by molar-refractivity contribution is 7.22. The molecule has 1 aliphatic rings. The first-order valence-corrected chi connectivity index (χ1v) is 9.15. The highest BCUT2D eigenvalue weighted by Gasteiger charge is 2.26. The van der Waals surface area contributed by atoms with Gasteiger partial charge < -0.3 is 10.6 Å². The quantitative estimate of drug-likeness (QED) is 0.731. The van der Waals surface area contributed by atoms with Crippen molar-refractivity contribution in [3.8, 4) is 0 Å². The molecule has 1 aromatic heterocycles. The Balaban J connectivity index is 1.37. The molecule has 0 saturated heterocycles. The average Bonchev–Trinajstić information content (AvgIpc) is 3.01. The first kappa shape index (κ1) is 16.7. The summed E-state index contributed by atoms with van der Waals surface area (Å²) in [6.45, 7) is 0. The number of nitrogens with one attached hydrogen (secondary N) is 2. The van der Waals surface area contributed by atoms with Crippen LogP contribution in [-0.4, -0.2) is 16.8 Å². The van der Waals surface area contributed by atoms with Gasteiger partial charge in [0.05, 0.1) is 10.2 Å². The second-order valence-electron chi connectivity index (χ2n) is 6.27. The fourth-order valence-corrected chi connectivity index (χ4v) is 3.99. The predicted octanol–water partition coefficient (Wildman–Crippen LogP) is 3.97. The Labute approximate surface area is 153 Å². The number of carbonyl (C=O) groups is 2. The predicted molar refractivity (Wildman–Crippen MR) is 99.7 cm³/mol. The van der Waals surface area contributed by atoms with Crippen LogP contribution >= 0.6 is 11.3 Å². The van der Waals surface area contributed by atoms with E-state index < -0.39 is 0 Å². The lowest BCUT2D eigenvalue weighted by molar-refractivity contribution is -0.121. The van der Waals surface area contributed by atoms with Crippen LogP contribution in [0.1, 0.15) is 18.4 Å². The van der Waals surface area contributed by atoms with E-state index >= 15 is 0 Å². The SMILES string of the molecule is O=C(CC[C@@H]1Cc2ccccc2NC1=O)Nc1nc2ccc(F)cc2s1. The van der Waals surface area contributed by atoms with Crippen molar-refractivity contribution in [3.63, 3.8) is 0 Å². The Hall–Kier alpha value is -2.80. The molecule has 5 nitrogen and oxygen atoms in total. The highest BCUT2D eigenvalue weighted by Crippen LogP contribution is 2.29. The third-order valence-electron chi connectivity index (χ3n) is 4.43. The van der Waals surface area contributed by atoms with E-state index in [9.17, 15) is 14.0 Å². The van der Waals surface area contributed by atoms with Crippen molar-refractivity contribution in [1.82, 2.24) is 4.98 Å². The van der Waals surface area contributed by atoms with E-state index in [2.05, 4.69) is 15.6 Å². The van der Waals surface area contributed by atoms with Crippen LogP contribution in [0.15, 0.2) is 42.5 Å².